The summed E-state index contributed by atoms with van der Waals surface area (Å²) in [7, 11) is 0. The summed E-state index contributed by atoms with van der Waals surface area (Å²) >= 11 is 3.02. The minimum absolute atomic E-state index is 0.757. The van der Waals surface area contributed by atoms with Crippen molar-refractivity contribution in [1.29, 1.82) is 0 Å². The molecule has 22 heavy (non-hydrogen) atoms. The van der Waals surface area contributed by atoms with Crippen LogP contribution in [0.3, 0.4) is 0 Å². The highest BCUT2D eigenvalue weighted by Gasteiger charge is 2.28. The highest BCUT2D eigenvalue weighted by molar-refractivity contribution is 8.01. The van der Waals surface area contributed by atoms with Gasteiger partial charge in [0.15, 0.2) is 0 Å². The lowest BCUT2D eigenvalue weighted by Gasteiger charge is -2.18. The predicted molar refractivity (Wildman–Crippen MR) is 91.4 cm³/mol. The molecule has 4 nitrogen and oxygen atoms in total. The number of nitrogens with zero attached hydrogens (tertiary/aromatic N) is 1. The Kier molecular flexibility index (Phi) is 5.61. The van der Waals surface area contributed by atoms with Gasteiger partial charge in [-0.3, -0.25) is 4.79 Å². The predicted octanol–water partition coefficient (Wildman–Crippen LogP) is 3.70. The van der Waals surface area contributed by atoms with Crippen molar-refractivity contribution >= 4 is 29.1 Å². The molecule has 0 unspecified atom stereocenters. The Labute approximate surface area is 139 Å². The highest BCUT2D eigenvalue weighted by atomic mass is 32.2. The number of thioether (sulfide) groups is 1. The maximum absolute atomic E-state index is 11.1. The van der Waals surface area contributed by atoms with Gasteiger partial charge in [0.1, 0.15) is 4.75 Å². The minimum atomic E-state index is -0.817. The molecule has 0 bridgehead atoms. The zero-order chi connectivity index (χ0) is 16.2. The Bertz CT molecular complexity index is 636. The van der Waals surface area contributed by atoms with Gasteiger partial charge < -0.3 is 10.4 Å². The zero-order valence-corrected chi connectivity index (χ0v) is 14.6. The van der Waals surface area contributed by atoms with E-state index in [1.807, 2.05) is 31.2 Å². The van der Waals surface area contributed by atoms with E-state index in [1.54, 1.807) is 25.2 Å². The molecule has 0 fully saturated rings. The number of aryl methyl sites for hydroxylation is 1. The third kappa shape index (κ3) is 4.83. The van der Waals surface area contributed by atoms with E-state index in [0.717, 1.165) is 28.7 Å². The monoisotopic (exact) mass is 336 g/mol. The second-order valence-electron chi connectivity index (χ2n) is 5.52. The SMILES string of the molecule is Cc1nc(CNCc2ccc(SC(C)(C)C(=O)O)cc2)cs1. The molecule has 0 spiro atoms. The molecule has 0 saturated carbocycles. The smallest absolute Gasteiger partial charge is 0.319 e. The average Bonchev–Trinajstić information content (AvgIpc) is 2.86. The van der Waals surface area contributed by atoms with E-state index in [-0.39, 0.29) is 0 Å². The molecule has 1 aromatic carbocycles. The molecule has 1 heterocycles. The van der Waals surface area contributed by atoms with Crippen LogP contribution in [-0.4, -0.2) is 20.8 Å². The second-order valence-corrected chi connectivity index (χ2v) is 8.28. The number of hydrogen-bond donors (Lipinski definition) is 2. The highest BCUT2D eigenvalue weighted by Crippen LogP contribution is 2.32. The first-order chi connectivity index (χ1) is 10.4. The quantitative estimate of drug-likeness (QED) is 0.755. The van der Waals surface area contributed by atoms with Crippen LogP contribution in [0, 0.1) is 6.92 Å². The van der Waals surface area contributed by atoms with Crippen LogP contribution in [0.25, 0.3) is 0 Å². The average molecular weight is 336 g/mol. The lowest BCUT2D eigenvalue weighted by Crippen LogP contribution is -2.26. The van der Waals surface area contributed by atoms with Crippen molar-refractivity contribution in [3.05, 3.63) is 45.9 Å². The van der Waals surface area contributed by atoms with Crippen LogP contribution in [0.5, 0.6) is 0 Å². The second kappa shape index (κ2) is 7.26. The summed E-state index contributed by atoms with van der Waals surface area (Å²) in [6, 6.07) is 8.00. The summed E-state index contributed by atoms with van der Waals surface area (Å²) in [5.74, 6) is -0.804. The van der Waals surface area contributed by atoms with Gasteiger partial charge in [0, 0.05) is 23.4 Å². The maximum Gasteiger partial charge on any atom is 0.319 e. The van der Waals surface area contributed by atoms with Crippen LogP contribution < -0.4 is 5.32 Å². The largest absolute Gasteiger partial charge is 0.480 e. The summed E-state index contributed by atoms with van der Waals surface area (Å²) in [5.41, 5.74) is 2.24. The lowest BCUT2D eigenvalue weighted by molar-refractivity contribution is -0.138. The molecule has 2 rings (SSSR count). The first-order valence-corrected chi connectivity index (χ1v) is 8.69. The molecule has 0 amide bonds. The number of carboxylic acid groups (broad SMARTS) is 1. The number of aromatic nitrogens is 1. The van der Waals surface area contributed by atoms with Crippen molar-refractivity contribution in [1.82, 2.24) is 10.3 Å². The number of carbonyl (C=O) groups is 1. The third-order valence-electron chi connectivity index (χ3n) is 3.11. The molecule has 118 valence electrons. The van der Waals surface area contributed by atoms with Gasteiger partial charge in [0.2, 0.25) is 0 Å². The number of rotatable bonds is 7. The van der Waals surface area contributed by atoms with Crippen LogP contribution in [-0.2, 0) is 17.9 Å². The van der Waals surface area contributed by atoms with E-state index in [1.165, 1.54) is 17.3 Å². The standard InChI is InChI=1S/C16H20N2O2S2/c1-11-18-13(10-21-11)9-17-8-12-4-6-14(7-5-12)22-16(2,3)15(19)20/h4-7,10,17H,8-9H2,1-3H3,(H,19,20). The number of thiazole rings is 1. The van der Waals surface area contributed by atoms with E-state index in [9.17, 15) is 4.79 Å². The van der Waals surface area contributed by atoms with Crippen LogP contribution in [0.2, 0.25) is 0 Å². The van der Waals surface area contributed by atoms with E-state index in [0.29, 0.717) is 0 Å². The van der Waals surface area contributed by atoms with Gasteiger partial charge in [-0.1, -0.05) is 12.1 Å². The lowest BCUT2D eigenvalue weighted by atomic mass is 10.2. The van der Waals surface area contributed by atoms with E-state index >= 15 is 0 Å². The Morgan fingerprint density at radius 2 is 2.00 bits per heavy atom. The first-order valence-electron chi connectivity index (χ1n) is 7.00. The van der Waals surface area contributed by atoms with Crippen LogP contribution in [0.1, 0.15) is 30.1 Å². The molecule has 1 aromatic heterocycles. The fourth-order valence-electron chi connectivity index (χ4n) is 1.84. The van der Waals surface area contributed by atoms with Gasteiger partial charge in [0.25, 0.3) is 0 Å². The van der Waals surface area contributed by atoms with Crippen molar-refractivity contribution in [3.63, 3.8) is 0 Å². The molecular formula is C16H20N2O2S2. The summed E-state index contributed by atoms with van der Waals surface area (Å²) in [4.78, 5) is 16.5. The van der Waals surface area contributed by atoms with Crippen molar-refractivity contribution in [3.8, 4) is 0 Å². The number of benzene rings is 1. The molecule has 0 aliphatic heterocycles. The zero-order valence-electron chi connectivity index (χ0n) is 12.9. The van der Waals surface area contributed by atoms with E-state index in [4.69, 9.17) is 5.11 Å². The van der Waals surface area contributed by atoms with Gasteiger partial charge >= 0.3 is 5.97 Å². The fourth-order valence-corrected chi connectivity index (χ4v) is 3.40. The number of nitrogens with one attached hydrogen (secondary N) is 1. The van der Waals surface area contributed by atoms with Crippen LogP contribution >= 0.6 is 23.1 Å². The molecule has 2 aromatic rings. The first kappa shape index (κ1) is 17.0. The normalized spacial score (nSPS) is 11.6. The van der Waals surface area contributed by atoms with E-state index < -0.39 is 10.7 Å². The van der Waals surface area contributed by atoms with Gasteiger partial charge in [-0.05, 0) is 38.5 Å². The molecule has 0 aliphatic carbocycles. The number of hydrogen-bond acceptors (Lipinski definition) is 5. The van der Waals surface area contributed by atoms with Crippen molar-refractivity contribution in [2.45, 2.75) is 43.5 Å². The molecule has 0 saturated heterocycles. The van der Waals surface area contributed by atoms with Gasteiger partial charge in [0.05, 0.1) is 10.7 Å². The molecule has 6 heteroatoms. The van der Waals surface area contributed by atoms with Gasteiger partial charge in [-0.15, -0.1) is 23.1 Å². The molecule has 0 atom stereocenters. The van der Waals surface area contributed by atoms with Crippen LogP contribution in [0.15, 0.2) is 34.5 Å². The molecule has 0 radical (unpaired) electrons. The molecule has 2 N–H and O–H groups in total. The molecule has 0 aliphatic rings. The summed E-state index contributed by atoms with van der Waals surface area (Å²) in [6.07, 6.45) is 0. The Morgan fingerprint density at radius 3 is 2.55 bits per heavy atom. The third-order valence-corrected chi connectivity index (χ3v) is 5.13. The summed E-state index contributed by atoms with van der Waals surface area (Å²) in [5, 5.41) is 15.7. The van der Waals surface area contributed by atoms with E-state index in [2.05, 4.69) is 15.7 Å². The Hall–Kier alpha value is -1.37. The number of aliphatic carboxylic acids is 1. The van der Waals surface area contributed by atoms with Crippen molar-refractivity contribution in [2.24, 2.45) is 0 Å². The fraction of sp³-hybridized carbons (Fsp3) is 0.375. The maximum atomic E-state index is 11.1. The Balaban J connectivity index is 1.85. The Morgan fingerprint density at radius 1 is 1.32 bits per heavy atom. The minimum Gasteiger partial charge on any atom is -0.480 e. The molecular weight excluding hydrogens is 316 g/mol. The van der Waals surface area contributed by atoms with Crippen LogP contribution in [0.4, 0.5) is 0 Å². The van der Waals surface area contributed by atoms with Gasteiger partial charge in [-0.25, -0.2) is 4.98 Å². The topological polar surface area (TPSA) is 62.2 Å². The summed E-state index contributed by atoms with van der Waals surface area (Å²) < 4.78 is -0.817. The summed E-state index contributed by atoms with van der Waals surface area (Å²) in [6.45, 7) is 6.95. The van der Waals surface area contributed by atoms with Crippen molar-refractivity contribution < 1.29 is 9.90 Å². The van der Waals surface area contributed by atoms with Gasteiger partial charge in [-0.2, -0.15) is 0 Å². The number of carboxylic acids is 1. The van der Waals surface area contributed by atoms with Crippen molar-refractivity contribution in [2.75, 3.05) is 0 Å².